The van der Waals surface area contributed by atoms with Crippen molar-refractivity contribution in [1.82, 2.24) is 4.90 Å². The van der Waals surface area contributed by atoms with Crippen molar-refractivity contribution in [2.45, 2.75) is 50.2 Å². The molecule has 1 saturated heterocycles. The number of nitrogens with two attached hydrogens (primary N) is 1. The lowest BCUT2D eigenvalue weighted by atomic mass is 10.0. The molecule has 2 N–H and O–H groups in total. The Morgan fingerprint density at radius 2 is 1.79 bits per heavy atom. The Morgan fingerprint density at radius 3 is 2.36 bits per heavy atom. The van der Waals surface area contributed by atoms with Crippen LogP contribution < -0.4 is 5.73 Å². The highest BCUT2D eigenvalue weighted by molar-refractivity contribution is 4.87. The summed E-state index contributed by atoms with van der Waals surface area (Å²) in [5, 5.41) is 0. The van der Waals surface area contributed by atoms with Crippen LogP contribution in [-0.2, 0) is 4.74 Å². The van der Waals surface area contributed by atoms with E-state index >= 15 is 0 Å². The Hall–Kier alpha value is -0.120. The van der Waals surface area contributed by atoms with E-state index in [9.17, 15) is 0 Å². The number of nitrogens with zero attached hydrogens (tertiary/aromatic N) is 1. The second kappa shape index (κ2) is 4.60. The normalized spacial score (nSPS) is 35.4. The van der Waals surface area contributed by atoms with Crippen LogP contribution in [0.3, 0.4) is 0 Å². The molecule has 0 aromatic rings. The van der Waals surface area contributed by atoms with Gasteiger partial charge in [0.1, 0.15) is 0 Å². The molecule has 0 bridgehead atoms. The molecule has 14 heavy (non-hydrogen) atoms. The van der Waals surface area contributed by atoms with E-state index in [1.54, 1.807) is 0 Å². The third-order valence-corrected chi connectivity index (χ3v) is 3.79. The van der Waals surface area contributed by atoms with Gasteiger partial charge in [-0.1, -0.05) is 0 Å². The Morgan fingerprint density at radius 1 is 1.07 bits per heavy atom. The van der Waals surface area contributed by atoms with Gasteiger partial charge in [0.25, 0.3) is 0 Å². The molecule has 0 amide bonds. The molecule has 2 fully saturated rings. The van der Waals surface area contributed by atoms with Crippen LogP contribution in [0.1, 0.15) is 32.1 Å². The predicted octanol–water partition coefficient (Wildman–Crippen LogP) is 0.977. The minimum absolute atomic E-state index is 0.447. The average Bonchev–Trinajstić information content (AvgIpc) is 2.65. The first-order chi connectivity index (χ1) is 6.77. The monoisotopic (exact) mass is 198 g/mol. The molecule has 0 radical (unpaired) electrons. The molecule has 3 nitrogen and oxygen atoms in total. The highest BCUT2D eigenvalue weighted by Gasteiger charge is 2.29. The summed E-state index contributed by atoms with van der Waals surface area (Å²) in [5.74, 6) is 0. The summed E-state index contributed by atoms with van der Waals surface area (Å²) in [6.45, 7) is 1.88. The molecule has 0 aromatic heterocycles. The zero-order chi connectivity index (χ0) is 9.97. The number of hydrogen-bond donors (Lipinski definition) is 1. The van der Waals surface area contributed by atoms with Gasteiger partial charge in [-0.05, 0) is 39.2 Å². The molecule has 2 atom stereocenters. The van der Waals surface area contributed by atoms with Crippen LogP contribution in [0, 0.1) is 0 Å². The lowest BCUT2D eigenvalue weighted by Gasteiger charge is -2.35. The summed E-state index contributed by atoms with van der Waals surface area (Å²) in [6.07, 6.45) is 6.07. The first-order valence-electron chi connectivity index (χ1n) is 5.82. The molecule has 1 saturated carbocycles. The van der Waals surface area contributed by atoms with E-state index in [-0.39, 0.29) is 0 Å². The van der Waals surface area contributed by atoms with Crippen molar-refractivity contribution in [3.63, 3.8) is 0 Å². The molecule has 3 heteroatoms. The number of ether oxygens (including phenoxy) is 1. The van der Waals surface area contributed by atoms with Gasteiger partial charge < -0.3 is 15.4 Å². The molecule has 2 rings (SSSR count). The highest BCUT2D eigenvalue weighted by Crippen LogP contribution is 2.26. The first kappa shape index (κ1) is 10.4. The standard InChI is InChI=1S/C11H22N2O/c1-13(10-4-6-14-7-5-10)11-3-2-9(12)8-11/h9-11H,2-8,12H2,1H3. The molecular weight excluding hydrogens is 176 g/mol. The van der Waals surface area contributed by atoms with Crippen molar-refractivity contribution < 1.29 is 4.74 Å². The van der Waals surface area contributed by atoms with Crippen molar-refractivity contribution in [3.05, 3.63) is 0 Å². The van der Waals surface area contributed by atoms with Crippen LogP contribution in [0.25, 0.3) is 0 Å². The largest absolute Gasteiger partial charge is 0.381 e. The summed E-state index contributed by atoms with van der Waals surface area (Å²) in [5.41, 5.74) is 5.94. The fourth-order valence-electron chi connectivity index (χ4n) is 2.75. The highest BCUT2D eigenvalue weighted by atomic mass is 16.5. The van der Waals surface area contributed by atoms with E-state index < -0.39 is 0 Å². The summed E-state index contributed by atoms with van der Waals surface area (Å²) < 4.78 is 5.38. The second-order valence-corrected chi connectivity index (χ2v) is 4.74. The zero-order valence-electron chi connectivity index (χ0n) is 9.11. The van der Waals surface area contributed by atoms with Crippen LogP contribution in [-0.4, -0.2) is 43.3 Å². The van der Waals surface area contributed by atoms with Crippen molar-refractivity contribution in [2.75, 3.05) is 20.3 Å². The SMILES string of the molecule is CN(C1CCOCC1)C1CCC(N)C1. The van der Waals surface area contributed by atoms with E-state index in [4.69, 9.17) is 10.5 Å². The van der Waals surface area contributed by atoms with Crippen LogP contribution in [0.2, 0.25) is 0 Å². The molecule has 1 aliphatic carbocycles. The van der Waals surface area contributed by atoms with Gasteiger partial charge in [-0.25, -0.2) is 0 Å². The van der Waals surface area contributed by atoms with E-state index in [1.165, 1.54) is 32.1 Å². The predicted molar refractivity (Wildman–Crippen MR) is 57.2 cm³/mol. The van der Waals surface area contributed by atoms with Gasteiger partial charge in [-0.3, -0.25) is 0 Å². The van der Waals surface area contributed by atoms with Gasteiger partial charge in [0.15, 0.2) is 0 Å². The van der Waals surface area contributed by atoms with Gasteiger partial charge in [-0.2, -0.15) is 0 Å². The molecule has 1 heterocycles. The molecule has 2 unspecified atom stereocenters. The minimum Gasteiger partial charge on any atom is -0.381 e. The molecule has 0 aromatic carbocycles. The van der Waals surface area contributed by atoms with Gasteiger partial charge in [0.2, 0.25) is 0 Å². The van der Waals surface area contributed by atoms with Crippen molar-refractivity contribution >= 4 is 0 Å². The van der Waals surface area contributed by atoms with E-state index in [0.29, 0.717) is 6.04 Å². The second-order valence-electron chi connectivity index (χ2n) is 4.74. The van der Waals surface area contributed by atoms with Crippen LogP contribution in [0.4, 0.5) is 0 Å². The van der Waals surface area contributed by atoms with Gasteiger partial charge >= 0.3 is 0 Å². The van der Waals surface area contributed by atoms with E-state index in [0.717, 1.165) is 25.3 Å². The third kappa shape index (κ3) is 2.27. The lowest BCUT2D eigenvalue weighted by Crippen LogP contribution is -2.42. The Kier molecular flexibility index (Phi) is 3.42. The van der Waals surface area contributed by atoms with Gasteiger partial charge in [0, 0.05) is 31.3 Å². The Labute approximate surface area is 86.6 Å². The molecule has 1 aliphatic heterocycles. The van der Waals surface area contributed by atoms with Crippen molar-refractivity contribution in [1.29, 1.82) is 0 Å². The molecule has 2 aliphatic rings. The van der Waals surface area contributed by atoms with E-state index in [1.807, 2.05) is 0 Å². The van der Waals surface area contributed by atoms with Crippen molar-refractivity contribution in [3.8, 4) is 0 Å². The smallest absolute Gasteiger partial charge is 0.0480 e. The lowest BCUT2D eigenvalue weighted by molar-refractivity contribution is 0.0293. The molecule has 0 spiro atoms. The molecule has 82 valence electrons. The maximum absolute atomic E-state index is 5.94. The fraction of sp³-hybridized carbons (Fsp3) is 1.00. The van der Waals surface area contributed by atoms with Gasteiger partial charge in [-0.15, -0.1) is 0 Å². The van der Waals surface area contributed by atoms with Crippen LogP contribution in [0.15, 0.2) is 0 Å². The Bertz CT molecular complexity index is 175. The topological polar surface area (TPSA) is 38.5 Å². The van der Waals surface area contributed by atoms with Crippen LogP contribution in [0.5, 0.6) is 0 Å². The fourth-order valence-corrected chi connectivity index (χ4v) is 2.75. The van der Waals surface area contributed by atoms with Crippen molar-refractivity contribution in [2.24, 2.45) is 5.73 Å². The van der Waals surface area contributed by atoms with Crippen LogP contribution >= 0.6 is 0 Å². The average molecular weight is 198 g/mol. The van der Waals surface area contributed by atoms with E-state index in [2.05, 4.69) is 11.9 Å². The Balaban J connectivity index is 1.84. The number of hydrogen-bond acceptors (Lipinski definition) is 3. The van der Waals surface area contributed by atoms with Gasteiger partial charge in [0.05, 0.1) is 0 Å². The number of rotatable bonds is 2. The maximum atomic E-state index is 5.94. The quantitative estimate of drug-likeness (QED) is 0.719. The third-order valence-electron chi connectivity index (χ3n) is 3.79. The minimum atomic E-state index is 0.447. The summed E-state index contributed by atoms with van der Waals surface area (Å²) in [6, 6.07) is 1.91. The zero-order valence-corrected chi connectivity index (χ0v) is 9.11. The molecular formula is C11H22N2O. The maximum Gasteiger partial charge on any atom is 0.0480 e. The first-order valence-corrected chi connectivity index (χ1v) is 5.82. The summed E-state index contributed by atoms with van der Waals surface area (Å²) in [4.78, 5) is 2.55. The summed E-state index contributed by atoms with van der Waals surface area (Å²) in [7, 11) is 2.26. The summed E-state index contributed by atoms with van der Waals surface area (Å²) >= 11 is 0.